The summed E-state index contributed by atoms with van der Waals surface area (Å²) in [6.07, 6.45) is 6.13. The molecule has 3 rings (SSSR count). The van der Waals surface area contributed by atoms with Crippen LogP contribution in [0.1, 0.15) is 56.6 Å². The van der Waals surface area contributed by atoms with Gasteiger partial charge < -0.3 is 15.0 Å². The van der Waals surface area contributed by atoms with Crippen LogP contribution in [0.4, 0.5) is 0 Å². The van der Waals surface area contributed by atoms with Gasteiger partial charge in [0.15, 0.2) is 6.61 Å². The highest BCUT2D eigenvalue weighted by molar-refractivity contribution is 5.88. The number of amides is 2. The molecular weight excluding hydrogens is 388 g/mol. The Balaban J connectivity index is 1.73. The third kappa shape index (κ3) is 6.84. The minimum absolute atomic E-state index is 0.0606. The Morgan fingerprint density at radius 3 is 2.35 bits per heavy atom. The van der Waals surface area contributed by atoms with Gasteiger partial charge >= 0.3 is 0 Å². The van der Waals surface area contributed by atoms with Gasteiger partial charge in [-0.05, 0) is 43.9 Å². The molecule has 1 atom stereocenters. The van der Waals surface area contributed by atoms with E-state index in [1.54, 1.807) is 4.90 Å². The zero-order chi connectivity index (χ0) is 22.1. The zero-order valence-electron chi connectivity index (χ0n) is 18.7. The van der Waals surface area contributed by atoms with E-state index >= 15 is 0 Å². The molecule has 5 heteroatoms. The van der Waals surface area contributed by atoms with Crippen molar-refractivity contribution in [3.8, 4) is 5.75 Å². The summed E-state index contributed by atoms with van der Waals surface area (Å²) in [6, 6.07) is 17.1. The predicted octanol–water partition coefficient (Wildman–Crippen LogP) is 4.63. The van der Waals surface area contributed by atoms with E-state index in [9.17, 15) is 9.59 Å². The monoisotopic (exact) mass is 422 g/mol. The summed E-state index contributed by atoms with van der Waals surface area (Å²) < 4.78 is 5.71. The maximum atomic E-state index is 13.2. The fourth-order valence-corrected chi connectivity index (χ4v) is 4.10. The van der Waals surface area contributed by atoms with Gasteiger partial charge in [-0.2, -0.15) is 0 Å². The molecule has 0 heterocycles. The number of aryl methyl sites for hydroxylation is 1. The Bertz CT molecular complexity index is 829. The van der Waals surface area contributed by atoms with Crippen LogP contribution < -0.4 is 10.1 Å². The maximum absolute atomic E-state index is 13.2. The Morgan fingerprint density at radius 1 is 1.03 bits per heavy atom. The lowest BCUT2D eigenvalue weighted by Crippen LogP contribution is -2.52. The van der Waals surface area contributed by atoms with Crippen molar-refractivity contribution in [1.82, 2.24) is 10.2 Å². The number of carbonyl (C=O) groups excluding carboxylic acids is 2. The highest BCUT2D eigenvalue weighted by Gasteiger charge is 2.30. The van der Waals surface area contributed by atoms with E-state index in [0.717, 1.165) is 36.8 Å². The van der Waals surface area contributed by atoms with Crippen LogP contribution >= 0.6 is 0 Å². The second-order valence-electron chi connectivity index (χ2n) is 8.38. The van der Waals surface area contributed by atoms with Crippen LogP contribution in [0.2, 0.25) is 0 Å². The molecule has 5 nitrogen and oxygen atoms in total. The number of rotatable bonds is 9. The molecule has 2 aromatic carbocycles. The molecule has 1 aliphatic rings. The van der Waals surface area contributed by atoms with Gasteiger partial charge in [0.05, 0.1) is 0 Å². The largest absolute Gasteiger partial charge is 0.484 e. The fourth-order valence-electron chi connectivity index (χ4n) is 4.10. The van der Waals surface area contributed by atoms with E-state index in [4.69, 9.17) is 4.74 Å². The number of ether oxygens (including phenoxy) is 1. The molecular formula is C26H34N2O3. The third-order valence-electron chi connectivity index (χ3n) is 5.92. The maximum Gasteiger partial charge on any atom is 0.261 e. The van der Waals surface area contributed by atoms with Crippen LogP contribution in [0, 0.1) is 6.92 Å². The van der Waals surface area contributed by atoms with Crippen LogP contribution in [0.15, 0.2) is 54.6 Å². The quantitative estimate of drug-likeness (QED) is 0.641. The van der Waals surface area contributed by atoms with Gasteiger partial charge in [0, 0.05) is 12.6 Å². The van der Waals surface area contributed by atoms with E-state index in [2.05, 4.69) is 5.32 Å². The lowest BCUT2D eigenvalue weighted by Gasteiger charge is -2.32. The average Bonchev–Trinajstić information content (AvgIpc) is 2.80. The molecule has 2 aromatic rings. The van der Waals surface area contributed by atoms with Crippen molar-refractivity contribution in [3.63, 3.8) is 0 Å². The molecule has 2 amide bonds. The van der Waals surface area contributed by atoms with E-state index in [1.165, 1.54) is 6.42 Å². The molecule has 1 N–H and O–H groups in total. The predicted molar refractivity (Wildman–Crippen MR) is 123 cm³/mol. The molecule has 1 fully saturated rings. The van der Waals surface area contributed by atoms with Crippen molar-refractivity contribution in [1.29, 1.82) is 0 Å². The first-order valence-corrected chi connectivity index (χ1v) is 11.4. The highest BCUT2D eigenvalue weighted by atomic mass is 16.5. The van der Waals surface area contributed by atoms with Gasteiger partial charge in [-0.15, -0.1) is 0 Å². The smallest absolute Gasteiger partial charge is 0.261 e. The Hall–Kier alpha value is -2.82. The van der Waals surface area contributed by atoms with Crippen molar-refractivity contribution in [3.05, 3.63) is 65.7 Å². The Kier molecular flexibility index (Phi) is 8.51. The summed E-state index contributed by atoms with van der Waals surface area (Å²) in [7, 11) is 0. The van der Waals surface area contributed by atoms with Gasteiger partial charge in [-0.25, -0.2) is 0 Å². The van der Waals surface area contributed by atoms with Crippen LogP contribution in [0.5, 0.6) is 5.75 Å². The van der Waals surface area contributed by atoms with Gasteiger partial charge in [0.2, 0.25) is 5.91 Å². The lowest BCUT2D eigenvalue weighted by molar-refractivity contribution is -0.143. The number of para-hydroxylation sites is 1. The number of nitrogens with one attached hydrogen (secondary N) is 1. The average molecular weight is 423 g/mol. The molecule has 0 bridgehead atoms. The molecule has 0 unspecified atom stereocenters. The minimum Gasteiger partial charge on any atom is -0.484 e. The topological polar surface area (TPSA) is 58.6 Å². The molecule has 0 spiro atoms. The molecule has 0 saturated heterocycles. The van der Waals surface area contributed by atoms with E-state index in [-0.39, 0.29) is 24.5 Å². The third-order valence-corrected chi connectivity index (χ3v) is 5.92. The Labute approximate surface area is 185 Å². The molecule has 0 aromatic heterocycles. The van der Waals surface area contributed by atoms with Crippen molar-refractivity contribution in [2.75, 3.05) is 6.61 Å². The van der Waals surface area contributed by atoms with Gasteiger partial charge in [-0.1, -0.05) is 74.2 Å². The van der Waals surface area contributed by atoms with E-state index in [0.29, 0.717) is 18.7 Å². The molecule has 0 radical (unpaired) electrons. The lowest BCUT2D eigenvalue weighted by atomic mass is 9.95. The van der Waals surface area contributed by atoms with E-state index in [1.807, 2.05) is 68.4 Å². The van der Waals surface area contributed by atoms with Crippen LogP contribution in [0.3, 0.4) is 0 Å². The first-order chi connectivity index (χ1) is 15.1. The van der Waals surface area contributed by atoms with Crippen LogP contribution in [-0.2, 0) is 16.1 Å². The van der Waals surface area contributed by atoms with Crippen molar-refractivity contribution >= 4 is 11.8 Å². The second kappa shape index (κ2) is 11.5. The second-order valence-corrected chi connectivity index (χ2v) is 8.38. The molecule has 1 aliphatic carbocycles. The standard InChI is InChI=1S/C26H34N2O3/c1-3-24(26(30)27-22-10-6-4-7-11-22)28(18-21-16-14-20(2)15-17-21)25(29)19-31-23-12-8-5-9-13-23/h5,8-9,12-17,22,24H,3-4,6-7,10-11,18-19H2,1-2H3,(H,27,30)/t24-/m1/s1. The summed E-state index contributed by atoms with van der Waals surface area (Å²) in [4.78, 5) is 28.0. The SMILES string of the molecule is CC[C@H](C(=O)NC1CCCCC1)N(Cc1ccc(C)cc1)C(=O)COc1ccccc1. The van der Waals surface area contributed by atoms with Crippen molar-refractivity contribution in [2.45, 2.75) is 71.0 Å². The van der Waals surface area contributed by atoms with Crippen molar-refractivity contribution < 1.29 is 14.3 Å². The molecule has 31 heavy (non-hydrogen) atoms. The van der Waals surface area contributed by atoms with Gasteiger partial charge in [-0.3, -0.25) is 9.59 Å². The van der Waals surface area contributed by atoms with Gasteiger partial charge in [0.1, 0.15) is 11.8 Å². The summed E-state index contributed by atoms with van der Waals surface area (Å²) >= 11 is 0. The fraction of sp³-hybridized carbons (Fsp3) is 0.462. The highest BCUT2D eigenvalue weighted by Crippen LogP contribution is 2.19. The normalized spacial score (nSPS) is 15.2. The van der Waals surface area contributed by atoms with E-state index < -0.39 is 6.04 Å². The zero-order valence-corrected chi connectivity index (χ0v) is 18.7. The number of hydrogen-bond donors (Lipinski definition) is 1. The number of benzene rings is 2. The summed E-state index contributed by atoms with van der Waals surface area (Å²) in [5.41, 5.74) is 2.17. The number of hydrogen-bond acceptors (Lipinski definition) is 3. The summed E-state index contributed by atoms with van der Waals surface area (Å²) in [5.74, 6) is 0.399. The van der Waals surface area contributed by atoms with Crippen LogP contribution in [-0.4, -0.2) is 35.4 Å². The number of nitrogens with zero attached hydrogens (tertiary/aromatic N) is 1. The van der Waals surface area contributed by atoms with Crippen LogP contribution in [0.25, 0.3) is 0 Å². The molecule has 0 aliphatic heterocycles. The summed E-state index contributed by atoms with van der Waals surface area (Å²) in [6.45, 7) is 4.28. The molecule has 1 saturated carbocycles. The summed E-state index contributed by atoms with van der Waals surface area (Å²) in [5, 5.41) is 3.20. The van der Waals surface area contributed by atoms with Crippen molar-refractivity contribution in [2.24, 2.45) is 0 Å². The molecule has 166 valence electrons. The minimum atomic E-state index is -0.518. The van der Waals surface area contributed by atoms with Gasteiger partial charge in [0.25, 0.3) is 5.91 Å². The number of carbonyl (C=O) groups is 2. The first kappa shape index (κ1) is 22.9. The first-order valence-electron chi connectivity index (χ1n) is 11.4. The Morgan fingerprint density at radius 2 is 1.71 bits per heavy atom.